The molecule has 0 N–H and O–H groups in total. The summed E-state index contributed by atoms with van der Waals surface area (Å²) in [7, 11) is 0. The summed E-state index contributed by atoms with van der Waals surface area (Å²) in [4.78, 5) is 7.65. The lowest BCUT2D eigenvalue weighted by Crippen LogP contribution is -2.48. The monoisotopic (exact) mass is 533 g/mol. The number of nitrogens with zero attached hydrogens (tertiary/aromatic N) is 7. The number of hydrogen-bond donors (Lipinski definition) is 0. The minimum atomic E-state index is 0.0561. The van der Waals surface area contributed by atoms with E-state index in [-0.39, 0.29) is 6.04 Å². The van der Waals surface area contributed by atoms with E-state index in [1.807, 2.05) is 0 Å². The highest BCUT2D eigenvalue weighted by atomic mass is 15.6. The second kappa shape index (κ2) is 13.1. The van der Waals surface area contributed by atoms with Crippen LogP contribution in [-0.2, 0) is 6.54 Å². The lowest BCUT2D eigenvalue weighted by molar-refractivity contribution is 0.108. The standard InChI is InChI=1S/C33H39N7/c1-4-11-28(12-5-1)15-10-20-37-23-25-39(26-24-37)32(30-16-8-3-9-17-30)33-34-35-36-40(33)31-18-21-38(22-19-31)27-29-13-6-2-7-14-29/h1-17,31-32H,18-27H2/t32-/m1/s1. The zero-order valence-electron chi connectivity index (χ0n) is 23.2. The molecule has 0 radical (unpaired) electrons. The Morgan fingerprint density at radius 2 is 1.38 bits per heavy atom. The fraction of sp³-hybridized carbons (Fsp3) is 0.364. The summed E-state index contributed by atoms with van der Waals surface area (Å²) in [6, 6.07) is 32.5. The summed E-state index contributed by atoms with van der Waals surface area (Å²) in [5.41, 5.74) is 3.89. The average molecular weight is 534 g/mol. The van der Waals surface area contributed by atoms with Crippen molar-refractivity contribution >= 4 is 6.08 Å². The Morgan fingerprint density at radius 1 is 0.725 bits per heavy atom. The summed E-state index contributed by atoms with van der Waals surface area (Å²) >= 11 is 0. The van der Waals surface area contributed by atoms with E-state index in [0.29, 0.717) is 6.04 Å². The summed E-state index contributed by atoms with van der Waals surface area (Å²) in [6.45, 7) is 8.13. The van der Waals surface area contributed by atoms with Crippen LogP contribution in [0.4, 0.5) is 0 Å². The van der Waals surface area contributed by atoms with Crippen LogP contribution in [-0.4, -0.2) is 80.7 Å². The Morgan fingerprint density at radius 3 is 2.08 bits per heavy atom. The first-order chi connectivity index (χ1) is 19.8. The van der Waals surface area contributed by atoms with Crippen LogP contribution < -0.4 is 0 Å². The van der Waals surface area contributed by atoms with Crippen LogP contribution in [0.5, 0.6) is 0 Å². The number of piperidine rings is 1. The molecule has 0 spiro atoms. The molecule has 4 aromatic rings. The molecule has 0 saturated carbocycles. The molecule has 6 rings (SSSR count). The van der Waals surface area contributed by atoms with Gasteiger partial charge in [-0.3, -0.25) is 14.7 Å². The Labute approximate surface area is 237 Å². The van der Waals surface area contributed by atoms with Crippen molar-refractivity contribution in [2.75, 3.05) is 45.8 Å². The normalized spacial score (nSPS) is 18.8. The highest BCUT2D eigenvalue weighted by molar-refractivity contribution is 5.48. The molecule has 3 aromatic carbocycles. The van der Waals surface area contributed by atoms with Crippen molar-refractivity contribution in [1.82, 2.24) is 34.9 Å². The lowest BCUT2D eigenvalue weighted by atomic mass is 10.0. The first kappa shape index (κ1) is 26.6. The summed E-state index contributed by atoms with van der Waals surface area (Å²) in [6.07, 6.45) is 6.63. The summed E-state index contributed by atoms with van der Waals surface area (Å²) in [5.74, 6) is 0.977. The van der Waals surface area contributed by atoms with E-state index >= 15 is 0 Å². The number of likely N-dealkylation sites (tertiary alicyclic amines) is 1. The third-order valence-electron chi connectivity index (χ3n) is 8.28. The van der Waals surface area contributed by atoms with Gasteiger partial charge in [-0.15, -0.1) is 5.10 Å². The van der Waals surface area contributed by atoms with Crippen molar-refractivity contribution in [2.45, 2.75) is 31.5 Å². The minimum Gasteiger partial charge on any atom is -0.299 e. The fourth-order valence-corrected chi connectivity index (χ4v) is 6.07. The van der Waals surface area contributed by atoms with Gasteiger partial charge in [0.05, 0.1) is 12.1 Å². The number of piperazine rings is 1. The van der Waals surface area contributed by atoms with Crippen molar-refractivity contribution in [3.8, 4) is 0 Å². The number of tetrazole rings is 1. The van der Waals surface area contributed by atoms with Crippen molar-refractivity contribution < 1.29 is 0 Å². The molecule has 7 nitrogen and oxygen atoms in total. The van der Waals surface area contributed by atoms with E-state index < -0.39 is 0 Å². The van der Waals surface area contributed by atoms with Crippen molar-refractivity contribution in [3.63, 3.8) is 0 Å². The maximum Gasteiger partial charge on any atom is 0.173 e. The van der Waals surface area contributed by atoms with Crippen LogP contribution >= 0.6 is 0 Å². The minimum absolute atomic E-state index is 0.0561. The average Bonchev–Trinajstić information content (AvgIpc) is 3.49. The van der Waals surface area contributed by atoms with E-state index in [9.17, 15) is 0 Å². The van der Waals surface area contributed by atoms with Gasteiger partial charge < -0.3 is 0 Å². The van der Waals surface area contributed by atoms with Gasteiger partial charge in [0, 0.05) is 52.4 Å². The van der Waals surface area contributed by atoms with E-state index in [4.69, 9.17) is 0 Å². The Hall–Kier alpha value is -3.65. The van der Waals surface area contributed by atoms with Crippen molar-refractivity contribution in [2.24, 2.45) is 0 Å². The molecule has 0 amide bonds. The van der Waals surface area contributed by atoms with Crippen LogP contribution in [0.2, 0.25) is 0 Å². The molecule has 0 unspecified atom stereocenters. The molecule has 1 atom stereocenters. The molecule has 0 aliphatic carbocycles. The number of hydrogen-bond acceptors (Lipinski definition) is 6. The maximum atomic E-state index is 4.65. The smallest absolute Gasteiger partial charge is 0.173 e. The van der Waals surface area contributed by atoms with Crippen LogP contribution in [0.1, 0.15) is 47.4 Å². The second-order valence-corrected chi connectivity index (χ2v) is 10.9. The number of benzene rings is 3. The van der Waals surface area contributed by atoms with Gasteiger partial charge in [0.25, 0.3) is 0 Å². The first-order valence-corrected chi connectivity index (χ1v) is 14.6. The molecule has 7 heteroatoms. The highest BCUT2D eigenvalue weighted by Gasteiger charge is 2.33. The second-order valence-electron chi connectivity index (χ2n) is 10.9. The predicted molar refractivity (Wildman–Crippen MR) is 160 cm³/mol. The Bertz CT molecular complexity index is 1320. The Kier molecular flexibility index (Phi) is 8.72. The third-order valence-corrected chi connectivity index (χ3v) is 8.28. The zero-order valence-corrected chi connectivity index (χ0v) is 23.2. The van der Waals surface area contributed by atoms with E-state index in [0.717, 1.165) is 71.0 Å². The van der Waals surface area contributed by atoms with Gasteiger partial charge in [-0.25, -0.2) is 4.68 Å². The van der Waals surface area contributed by atoms with Crippen LogP contribution in [0.15, 0.2) is 97.1 Å². The molecular weight excluding hydrogens is 494 g/mol. The number of aromatic nitrogens is 4. The zero-order chi connectivity index (χ0) is 27.0. The lowest BCUT2D eigenvalue weighted by Gasteiger charge is -2.39. The van der Waals surface area contributed by atoms with Crippen LogP contribution in [0.3, 0.4) is 0 Å². The number of rotatable bonds is 9. The van der Waals surface area contributed by atoms with Gasteiger partial charge in [-0.1, -0.05) is 103 Å². The van der Waals surface area contributed by atoms with E-state index in [2.05, 4.69) is 138 Å². The van der Waals surface area contributed by atoms with Gasteiger partial charge in [0.1, 0.15) is 0 Å². The van der Waals surface area contributed by atoms with E-state index in [1.54, 1.807) is 0 Å². The predicted octanol–water partition coefficient (Wildman–Crippen LogP) is 4.93. The van der Waals surface area contributed by atoms with Gasteiger partial charge in [0.15, 0.2) is 5.82 Å². The molecule has 206 valence electrons. The van der Waals surface area contributed by atoms with E-state index in [1.165, 1.54) is 16.7 Å². The molecule has 0 bridgehead atoms. The molecule has 3 heterocycles. The van der Waals surface area contributed by atoms with Gasteiger partial charge in [0.2, 0.25) is 0 Å². The molecular formula is C33H39N7. The maximum absolute atomic E-state index is 4.65. The topological polar surface area (TPSA) is 53.3 Å². The SMILES string of the molecule is C(=Cc1ccccc1)CN1CCN([C@H](c2ccccc2)c2nnnn2C2CCN(Cc3ccccc3)CC2)CC1. The first-order valence-electron chi connectivity index (χ1n) is 14.6. The molecule has 2 aliphatic rings. The van der Waals surface area contributed by atoms with Crippen LogP contribution in [0.25, 0.3) is 6.08 Å². The summed E-state index contributed by atoms with van der Waals surface area (Å²) in [5, 5.41) is 13.4. The Balaban J connectivity index is 1.12. The molecule has 40 heavy (non-hydrogen) atoms. The van der Waals surface area contributed by atoms with Crippen LogP contribution in [0, 0.1) is 0 Å². The molecule has 1 aromatic heterocycles. The van der Waals surface area contributed by atoms with Gasteiger partial charge in [-0.05, 0) is 40.0 Å². The van der Waals surface area contributed by atoms with Crippen molar-refractivity contribution in [3.05, 3.63) is 120 Å². The quantitative estimate of drug-likeness (QED) is 0.304. The summed E-state index contributed by atoms with van der Waals surface area (Å²) < 4.78 is 2.15. The molecule has 2 saturated heterocycles. The van der Waals surface area contributed by atoms with Crippen molar-refractivity contribution in [1.29, 1.82) is 0 Å². The fourth-order valence-electron chi connectivity index (χ4n) is 6.07. The van der Waals surface area contributed by atoms with Gasteiger partial charge >= 0.3 is 0 Å². The molecule has 2 aliphatic heterocycles. The molecule has 2 fully saturated rings. The third kappa shape index (κ3) is 6.55. The van der Waals surface area contributed by atoms with Gasteiger partial charge in [-0.2, -0.15) is 0 Å². The highest BCUT2D eigenvalue weighted by Crippen LogP contribution is 2.32. The largest absolute Gasteiger partial charge is 0.299 e.